The maximum Gasteiger partial charge on any atom is 0.407 e. The van der Waals surface area contributed by atoms with Gasteiger partial charge in [0.1, 0.15) is 5.60 Å². The molecule has 0 aromatic heterocycles. The first-order valence-corrected chi connectivity index (χ1v) is 11.0. The van der Waals surface area contributed by atoms with Crippen LogP contribution in [0.4, 0.5) is 4.79 Å². The molecule has 0 spiro atoms. The number of carbonyl (C=O) groups is 2. The molecular formula is C21H40N4O3. The molecule has 3 N–H and O–H groups in total. The molecule has 0 saturated carbocycles. The normalized spacial score (nSPS) is 20.6. The summed E-state index contributed by atoms with van der Waals surface area (Å²) in [6, 6.07) is 0.201. The lowest BCUT2D eigenvalue weighted by Crippen LogP contribution is -2.51. The number of hydrogen-bond donors (Lipinski definition) is 2. The zero-order chi connectivity index (χ0) is 20.6. The fraction of sp³-hybridized carbons (Fsp3) is 0.905. The van der Waals surface area contributed by atoms with Crippen LogP contribution in [0.3, 0.4) is 0 Å². The van der Waals surface area contributed by atoms with Gasteiger partial charge in [0.05, 0.1) is 6.04 Å². The van der Waals surface area contributed by atoms with Crippen molar-refractivity contribution in [3.63, 3.8) is 0 Å². The number of piperidine rings is 2. The molecule has 0 aromatic rings. The van der Waals surface area contributed by atoms with E-state index < -0.39 is 17.7 Å². The molecular weight excluding hydrogens is 356 g/mol. The Labute approximate surface area is 170 Å². The molecule has 2 amide bonds. The third-order valence-electron chi connectivity index (χ3n) is 5.61. The molecule has 2 saturated heterocycles. The molecule has 2 aliphatic heterocycles. The van der Waals surface area contributed by atoms with Crippen LogP contribution in [0.25, 0.3) is 0 Å². The maximum atomic E-state index is 12.6. The highest BCUT2D eigenvalue weighted by atomic mass is 16.6. The number of hydrogen-bond acceptors (Lipinski definition) is 5. The van der Waals surface area contributed by atoms with Crippen molar-refractivity contribution in [1.29, 1.82) is 0 Å². The molecule has 162 valence electrons. The van der Waals surface area contributed by atoms with Gasteiger partial charge >= 0.3 is 6.09 Å². The molecule has 2 aliphatic rings. The Hall–Kier alpha value is -1.34. The molecule has 0 aliphatic carbocycles. The number of rotatable bonds is 7. The molecule has 2 rings (SSSR count). The van der Waals surface area contributed by atoms with Gasteiger partial charge in [-0.3, -0.25) is 4.79 Å². The molecule has 0 bridgehead atoms. The molecule has 28 heavy (non-hydrogen) atoms. The van der Waals surface area contributed by atoms with Crippen molar-refractivity contribution in [2.24, 2.45) is 5.73 Å². The van der Waals surface area contributed by atoms with Crippen LogP contribution in [0.5, 0.6) is 0 Å². The van der Waals surface area contributed by atoms with Crippen LogP contribution in [0.1, 0.15) is 72.1 Å². The van der Waals surface area contributed by atoms with E-state index in [4.69, 9.17) is 10.5 Å². The van der Waals surface area contributed by atoms with Gasteiger partial charge in [0.2, 0.25) is 5.91 Å². The predicted molar refractivity (Wildman–Crippen MR) is 111 cm³/mol. The zero-order valence-electron chi connectivity index (χ0n) is 18.0. The smallest absolute Gasteiger partial charge is 0.407 e. The molecule has 2 heterocycles. The highest BCUT2D eigenvalue weighted by Gasteiger charge is 2.29. The number of nitrogens with zero attached hydrogens (tertiary/aromatic N) is 2. The van der Waals surface area contributed by atoms with E-state index in [0.717, 1.165) is 38.8 Å². The summed E-state index contributed by atoms with van der Waals surface area (Å²) in [4.78, 5) is 28.8. The molecule has 7 nitrogen and oxygen atoms in total. The van der Waals surface area contributed by atoms with Crippen molar-refractivity contribution >= 4 is 12.0 Å². The summed E-state index contributed by atoms with van der Waals surface area (Å²) < 4.78 is 5.20. The Kier molecular flexibility index (Phi) is 9.02. The first kappa shape index (κ1) is 22.9. The van der Waals surface area contributed by atoms with Crippen molar-refractivity contribution in [3.8, 4) is 0 Å². The van der Waals surface area contributed by atoms with E-state index in [1.54, 1.807) is 0 Å². The summed E-state index contributed by atoms with van der Waals surface area (Å²) in [7, 11) is 0. The molecule has 2 fully saturated rings. The predicted octanol–water partition coefficient (Wildman–Crippen LogP) is 2.49. The van der Waals surface area contributed by atoms with Gasteiger partial charge in [0.15, 0.2) is 0 Å². The van der Waals surface area contributed by atoms with Crippen LogP contribution in [-0.4, -0.2) is 72.2 Å². The number of carbonyl (C=O) groups excluding carboxylic acids is 2. The monoisotopic (exact) mass is 396 g/mol. The number of ether oxygens (including phenoxy) is 1. The number of unbranched alkanes of at least 4 members (excludes halogenated alkanes) is 1. The lowest BCUT2D eigenvalue weighted by Gasteiger charge is -2.40. The van der Waals surface area contributed by atoms with Crippen LogP contribution in [0, 0.1) is 0 Å². The third kappa shape index (κ3) is 7.95. The van der Waals surface area contributed by atoms with Gasteiger partial charge < -0.3 is 25.6 Å². The fourth-order valence-electron chi connectivity index (χ4n) is 4.09. The standard InChI is InChI=1S/C21H40N4O3/c1-21(2,3)28-20(27)23-12-6-5-9-18(22)19(26)25-15-10-17(11-16-25)24-13-7-4-8-14-24/h17-18H,4-16,22H2,1-3H3,(H,23,27)/t18-/m0/s1. The van der Waals surface area contributed by atoms with E-state index in [0.29, 0.717) is 19.0 Å². The van der Waals surface area contributed by atoms with Crippen LogP contribution in [0.2, 0.25) is 0 Å². The SMILES string of the molecule is CC(C)(C)OC(=O)NCCCC[C@H](N)C(=O)N1CCC(N2CCCCC2)CC1. The van der Waals surface area contributed by atoms with E-state index in [1.807, 2.05) is 25.7 Å². The first-order valence-electron chi connectivity index (χ1n) is 11.0. The maximum absolute atomic E-state index is 12.6. The van der Waals surface area contributed by atoms with E-state index in [2.05, 4.69) is 10.2 Å². The quantitative estimate of drug-likeness (QED) is 0.646. The largest absolute Gasteiger partial charge is 0.444 e. The van der Waals surface area contributed by atoms with E-state index in [9.17, 15) is 9.59 Å². The average molecular weight is 397 g/mol. The second-order valence-corrected chi connectivity index (χ2v) is 9.18. The van der Waals surface area contributed by atoms with Crippen molar-refractivity contribution in [2.45, 2.75) is 89.8 Å². The minimum absolute atomic E-state index is 0.0807. The molecule has 7 heteroatoms. The van der Waals surface area contributed by atoms with Gasteiger partial charge in [-0.1, -0.05) is 6.42 Å². The number of nitrogens with two attached hydrogens (primary N) is 1. The lowest BCUT2D eigenvalue weighted by atomic mass is 9.99. The highest BCUT2D eigenvalue weighted by molar-refractivity contribution is 5.81. The Balaban J connectivity index is 1.58. The van der Waals surface area contributed by atoms with Gasteiger partial charge in [-0.05, 0) is 78.8 Å². The highest BCUT2D eigenvalue weighted by Crippen LogP contribution is 2.21. The first-order chi connectivity index (χ1) is 13.3. The van der Waals surface area contributed by atoms with Crippen molar-refractivity contribution in [1.82, 2.24) is 15.1 Å². The summed E-state index contributed by atoms with van der Waals surface area (Å²) in [6.07, 6.45) is 7.97. The Morgan fingerprint density at radius 1 is 1.07 bits per heavy atom. The fourth-order valence-corrected chi connectivity index (χ4v) is 4.09. The van der Waals surface area contributed by atoms with E-state index >= 15 is 0 Å². The van der Waals surface area contributed by atoms with Crippen molar-refractivity contribution in [2.75, 3.05) is 32.7 Å². The number of likely N-dealkylation sites (tertiary alicyclic amines) is 2. The van der Waals surface area contributed by atoms with Gasteiger partial charge in [0, 0.05) is 25.7 Å². The molecule has 0 radical (unpaired) electrons. The van der Waals surface area contributed by atoms with Gasteiger partial charge in [0.25, 0.3) is 0 Å². The minimum Gasteiger partial charge on any atom is -0.444 e. The van der Waals surface area contributed by atoms with Gasteiger partial charge in [-0.2, -0.15) is 0 Å². The van der Waals surface area contributed by atoms with Gasteiger partial charge in [-0.15, -0.1) is 0 Å². The van der Waals surface area contributed by atoms with Crippen molar-refractivity contribution in [3.05, 3.63) is 0 Å². The van der Waals surface area contributed by atoms with Crippen LogP contribution >= 0.6 is 0 Å². The van der Waals surface area contributed by atoms with Gasteiger partial charge in [-0.25, -0.2) is 4.79 Å². The molecule has 1 atom stereocenters. The minimum atomic E-state index is -0.486. The Bertz CT molecular complexity index is 492. The second kappa shape index (κ2) is 11.0. The molecule has 0 aromatic carbocycles. The van der Waals surface area contributed by atoms with Crippen molar-refractivity contribution < 1.29 is 14.3 Å². The van der Waals surface area contributed by atoms with Crippen LogP contribution in [-0.2, 0) is 9.53 Å². The topological polar surface area (TPSA) is 87.9 Å². The summed E-state index contributed by atoms with van der Waals surface area (Å²) in [5.74, 6) is 0.0807. The lowest BCUT2D eigenvalue weighted by molar-refractivity contribution is -0.134. The van der Waals surface area contributed by atoms with Crippen LogP contribution < -0.4 is 11.1 Å². The van der Waals surface area contributed by atoms with E-state index in [-0.39, 0.29) is 5.91 Å². The number of amides is 2. The summed E-state index contributed by atoms with van der Waals surface area (Å²) in [6.45, 7) is 10.1. The number of alkyl carbamates (subject to hydrolysis) is 1. The number of nitrogens with one attached hydrogen (secondary N) is 1. The van der Waals surface area contributed by atoms with E-state index in [1.165, 1.54) is 32.4 Å². The Morgan fingerprint density at radius 2 is 1.71 bits per heavy atom. The molecule has 0 unspecified atom stereocenters. The Morgan fingerprint density at radius 3 is 2.32 bits per heavy atom. The third-order valence-corrected chi connectivity index (χ3v) is 5.61. The summed E-state index contributed by atoms with van der Waals surface area (Å²) in [5, 5.41) is 2.74. The summed E-state index contributed by atoms with van der Waals surface area (Å²) in [5.41, 5.74) is 5.65. The second-order valence-electron chi connectivity index (χ2n) is 9.18. The zero-order valence-corrected chi connectivity index (χ0v) is 18.0. The summed E-state index contributed by atoms with van der Waals surface area (Å²) >= 11 is 0. The van der Waals surface area contributed by atoms with Crippen LogP contribution in [0.15, 0.2) is 0 Å². The average Bonchev–Trinajstić information content (AvgIpc) is 2.66.